The van der Waals surface area contributed by atoms with Gasteiger partial charge in [0.2, 0.25) is 0 Å². The molecule has 0 aliphatic heterocycles. The minimum absolute atomic E-state index is 0.907. The Bertz CT molecular complexity index is 53.0. The van der Waals surface area contributed by atoms with Crippen molar-refractivity contribution in [3.63, 3.8) is 0 Å². The van der Waals surface area contributed by atoms with E-state index in [1.165, 1.54) is 0 Å². The molecule has 9 heavy (non-hydrogen) atoms. The molecule has 0 aromatic heterocycles. The first-order chi connectivity index (χ1) is 4.35. The van der Waals surface area contributed by atoms with Gasteiger partial charge >= 0.3 is 0 Å². The molecule has 0 radical (unpaired) electrons. The molecule has 0 fully saturated rings. The summed E-state index contributed by atoms with van der Waals surface area (Å²) in [6.07, 6.45) is 2.13. The summed E-state index contributed by atoms with van der Waals surface area (Å²) in [4.78, 5) is 0. The van der Waals surface area contributed by atoms with E-state index in [1.807, 2.05) is 0 Å². The smallest absolute Gasteiger partial charge is 0.0150 e. The normalized spacial score (nSPS) is 10.7. The summed E-state index contributed by atoms with van der Waals surface area (Å²) in [5, 5.41) is 10.3. The Morgan fingerprint density at radius 2 is 1.67 bits per heavy atom. The molecule has 0 heterocycles. The van der Waals surface area contributed by atoms with Gasteiger partial charge in [-0.1, -0.05) is 13.8 Å². The third kappa shape index (κ3) is 4.39. The molecule has 0 atom stereocenters. The van der Waals surface area contributed by atoms with Crippen molar-refractivity contribution in [2.75, 3.05) is 13.1 Å². The Morgan fingerprint density at radius 3 is 1.89 bits per heavy atom. The number of nitrogens with one attached hydrogen (secondary N) is 1. The van der Waals surface area contributed by atoms with Crippen LogP contribution in [0.5, 0.6) is 0 Å². The van der Waals surface area contributed by atoms with Crippen LogP contribution in [0.15, 0.2) is 0 Å². The van der Waals surface area contributed by atoms with Crippen molar-refractivity contribution >= 4 is 0 Å². The second-order valence-corrected chi connectivity index (χ2v) is 2.09. The number of nitrogens with zero attached hydrogens (tertiary/aromatic N) is 1. The Kier molecular flexibility index (Phi) is 5.93. The van der Waals surface area contributed by atoms with Crippen LogP contribution in [0.1, 0.15) is 26.7 Å². The van der Waals surface area contributed by atoms with Gasteiger partial charge in [0.25, 0.3) is 0 Å². The lowest BCUT2D eigenvalue weighted by Gasteiger charge is -2.16. The highest BCUT2D eigenvalue weighted by Crippen LogP contribution is 1.86. The van der Waals surface area contributed by atoms with Gasteiger partial charge in [0.1, 0.15) is 0 Å². The number of rotatable bonds is 5. The van der Waals surface area contributed by atoms with Crippen LogP contribution < -0.4 is 5.59 Å². The van der Waals surface area contributed by atoms with Crippen LogP contribution in [0.2, 0.25) is 0 Å². The average Bonchev–Trinajstić information content (AvgIpc) is 1.88. The Hall–Kier alpha value is -0.120. The zero-order valence-electron chi connectivity index (χ0n) is 6.22. The second kappa shape index (κ2) is 6.01. The van der Waals surface area contributed by atoms with Crippen molar-refractivity contribution < 1.29 is 5.21 Å². The summed E-state index contributed by atoms with van der Waals surface area (Å²) >= 11 is 0. The van der Waals surface area contributed by atoms with Crippen molar-refractivity contribution in [1.29, 1.82) is 0 Å². The van der Waals surface area contributed by atoms with Crippen LogP contribution in [-0.4, -0.2) is 23.3 Å². The molecule has 0 aromatic rings. The Balaban J connectivity index is 3.18. The van der Waals surface area contributed by atoms with E-state index in [2.05, 4.69) is 19.4 Å². The zero-order valence-corrected chi connectivity index (χ0v) is 6.22. The van der Waals surface area contributed by atoms with Gasteiger partial charge in [0.05, 0.1) is 0 Å². The molecule has 3 nitrogen and oxygen atoms in total. The largest absolute Gasteiger partial charge is 0.302 e. The van der Waals surface area contributed by atoms with E-state index < -0.39 is 0 Å². The fraction of sp³-hybridized carbons (Fsp3) is 1.00. The summed E-state index contributed by atoms with van der Waals surface area (Å²) < 4.78 is 0. The average molecular weight is 132 g/mol. The third-order valence-corrected chi connectivity index (χ3v) is 1.13. The van der Waals surface area contributed by atoms with Crippen molar-refractivity contribution in [2.24, 2.45) is 0 Å². The maximum absolute atomic E-state index is 8.46. The van der Waals surface area contributed by atoms with Gasteiger partial charge in [-0.05, 0) is 12.8 Å². The van der Waals surface area contributed by atoms with Gasteiger partial charge in [-0.15, -0.1) is 5.59 Å². The highest BCUT2D eigenvalue weighted by atomic mass is 16.5. The van der Waals surface area contributed by atoms with Crippen LogP contribution >= 0.6 is 0 Å². The van der Waals surface area contributed by atoms with Crippen LogP contribution in [0.3, 0.4) is 0 Å². The van der Waals surface area contributed by atoms with Crippen molar-refractivity contribution in [1.82, 2.24) is 10.6 Å². The molecule has 2 N–H and O–H groups in total. The van der Waals surface area contributed by atoms with E-state index in [0.717, 1.165) is 25.9 Å². The lowest BCUT2D eigenvalue weighted by Crippen LogP contribution is -2.36. The minimum atomic E-state index is 0.907. The summed E-state index contributed by atoms with van der Waals surface area (Å²) in [6.45, 7) is 5.98. The maximum Gasteiger partial charge on any atom is 0.0150 e. The van der Waals surface area contributed by atoms with E-state index in [-0.39, 0.29) is 0 Å². The maximum atomic E-state index is 8.46. The Morgan fingerprint density at radius 1 is 1.22 bits per heavy atom. The van der Waals surface area contributed by atoms with E-state index >= 15 is 0 Å². The summed E-state index contributed by atoms with van der Waals surface area (Å²) in [6, 6.07) is 0. The highest BCUT2D eigenvalue weighted by molar-refractivity contribution is 4.43. The molecular formula is C6H16N2O. The standard InChI is InChI=1S/C6H16N2O/c1-3-5-8(7-9)6-4-2/h7,9H,3-6H2,1-2H3. The topological polar surface area (TPSA) is 35.5 Å². The lowest BCUT2D eigenvalue weighted by atomic mass is 10.4. The van der Waals surface area contributed by atoms with E-state index in [0.29, 0.717) is 0 Å². The van der Waals surface area contributed by atoms with Gasteiger partial charge in [0, 0.05) is 13.1 Å². The molecule has 0 amide bonds. The molecule has 0 rings (SSSR count). The van der Waals surface area contributed by atoms with Crippen LogP contribution in [0, 0.1) is 0 Å². The fourth-order valence-electron chi connectivity index (χ4n) is 0.752. The monoisotopic (exact) mass is 132 g/mol. The van der Waals surface area contributed by atoms with Gasteiger partial charge in [-0.3, -0.25) is 0 Å². The van der Waals surface area contributed by atoms with Crippen LogP contribution in [0.4, 0.5) is 0 Å². The SMILES string of the molecule is CCCN(CCC)NO. The third-order valence-electron chi connectivity index (χ3n) is 1.13. The van der Waals surface area contributed by atoms with Gasteiger partial charge < -0.3 is 5.21 Å². The van der Waals surface area contributed by atoms with Gasteiger partial charge in [0.15, 0.2) is 0 Å². The molecule has 0 aliphatic rings. The quantitative estimate of drug-likeness (QED) is 0.548. The minimum Gasteiger partial charge on any atom is -0.302 e. The van der Waals surface area contributed by atoms with Gasteiger partial charge in [-0.25, -0.2) is 5.01 Å². The zero-order chi connectivity index (χ0) is 7.11. The first-order valence-corrected chi connectivity index (χ1v) is 3.49. The molecule has 0 saturated heterocycles. The number of hydrazine groups is 1. The molecule has 0 unspecified atom stereocenters. The fourth-order valence-corrected chi connectivity index (χ4v) is 0.752. The van der Waals surface area contributed by atoms with Crippen molar-refractivity contribution in [3.05, 3.63) is 0 Å². The van der Waals surface area contributed by atoms with E-state index in [9.17, 15) is 0 Å². The predicted molar refractivity (Wildman–Crippen MR) is 37.1 cm³/mol. The summed E-state index contributed by atoms with van der Waals surface area (Å²) in [5.41, 5.74) is 2.14. The Labute approximate surface area is 56.6 Å². The molecule has 56 valence electrons. The molecule has 0 bridgehead atoms. The molecule has 0 saturated carbocycles. The summed E-state index contributed by atoms with van der Waals surface area (Å²) in [5.74, 6) is 0. The number of hydrogen-bond acceptors (Lipinski definition) is 3. The number of hydrogen-bond donors (Lipinski definition) is 2. The first kappa shape index (κ1) is 8.88. The van der Waals surface area contributed by atoms with Crippen LogP contribution in [0.25, 0.3) is 0 Å². The van der Waals surface area contributed by atoms with Gasteiger partial charge in [-0.2, -0.15) is 0 Å². The van der Waals surface area contributed by atoms with Crippen molar-refractivity contribution in [2.45, 2.75) is 26.7 Å². The predicted octanol–water partition coefficient (Wildman–Crippen LogP) is 1.00. The lowest BCUT2D eigenvalue weighted by molar-refractivity contribution is -0.0197. The highest BCUT2D eigenvalue weighted by Gasteiger charge is 1.96. The molecule has 3 heteroatoms. The molecule has 0 aliphatic carbocycles. The molecular weight excluding hydrogens is 116 g/mol. The first-order valence-electron chi connectivity index (χ1n) is 3.49. The van der Waals surface area contributed by atoms with Crippen LogP contribution in [-0.2, 0) is 0 Å². The van der Waals surface area contributed by atoms with Crippen molar-refractivity contribution in [3.8, 4) is 0 Å². The summed E-state index contributed by atoms with van der Waals surface area (Å²) in [7, 11) is 0. The van der Waals surface area contributed by atoms with E-state index in [4.69, 9.17) is 5.21 Å². The molecule has 0 spiro atoms. The van der Waals surface area contributed by atoms with E-state index in [1.54, 1.807) is 5.01 Å². The second-order valence-electron chi connectivity index (χ2n) is 2.09. The molecule has 0 aromatic carbocycles.